The van der Waals surface area contributed by atoms with Crippen molar-refractivity contribution in [2.75, 3.05) is 18.9 Å². The summed E-state index contributed by atoms with van der Waals surface area (Å²) in [5.41, 5.74) is 7.89. The zero-order valence-electron chi connectivity index (χ0n) is 12.7. The third-order valence-electron chi connectivity index (χ3n) is 4.24. The molecule has 0 radical (unpaired) electrons. The van der Waals surface area contributed by atoms with Crippen LogP contribution in [0.15, 0.2) is 18.5 Å². The van der Waals surface area contributed by atoms with Crippen LogP contribution in [0.2, 0.25) is 0 Å². The van der Waals surface area contributed by atoms with E-state index < -0.39 is 0 Å². The number of ether oxygens (including phenoxy) is 1. The van der Waals surface area contributed by atoms with Gasteiger partial charge in [0.05, 0.1) is 5.60 Å². The van der Waals surface area contributed by atoms with Crippen LogP contribution in [0.5, 0.6) is 0 Å². The first-order valence-corrected chi connectivity index (χ1v) is 7.71. The second kappa shape index (κ2) is 7.04. The van der Waals surface area contributed by atoms with Crippen LogP contribution in [-0.2, 0) is 11.2 Å². The van der Waals surface area contributed by atoms with Gasteiger partial charge in [-0.25, -0.2) is 0 Å². The number of hydrogen-bond donors (Lipinski definition) is 2. The van der Waals surface area contributed by atoms with Gasteiger partial charge in [-0.15, -0.1) is 0 Å². The highest BCUT2D eigenvalue weighted by molar-refractivity contribution is 5.44. The SMILES string of the molecule is CCCNC(Cc1cnccc1N)C1(C)CCCCO1. The minimum absolute atomic E-state index is 0.101. The molecule has 0 saturated carbocycles. The van der Waals surface area contributed by atoms with Gasteiger partial charge in [0.25, 0.3) is 0 Å². The van der Waals surface area contributed by atoms with Crippen molar-refractivity contribution in [2.24, 2.45) is 0 Å². The Morgan fingerprint density at radius 3 is 3.00 bits per heavy atom. The zero-order chi connectivity index (χ0) is 14.4. The molecule has 1 aliphatic heterocycles. The van der Waals surface area contributed by atoms with Crippen LogP contribution in [0.1, 0.15) is 45.1 Å². The number of nitrogens with one attached hydrogen (secondary N) is 1. The van der Waals surface area contributed by atoms with Crippen molar-refractivity contribution in [3.63, 3.8) is 0 Å². The molecule has 1 saturated heterocycles. The molecule has 2 atom stereocenters. The number of nitrogens with two attached hydrogens (primary N) is 1. The van der Waals surface area contributed by atoms with E-state index >= 15 is 0 Å². The minimum atomic E-state index is -0.101. The molecule has 1 aromatic rings. The quantitative estimate of drug-likeness (QED) is 0.839. The topological polar surface area (TPSA) is 60.2 Å². The first-order chi connectivity index (χ1) is 9.65. The van der Waals surface area contributed by atoms with Crippen LogP contribution in [0, 0.1) is 0 Å². The van der Waals surface area contributed by atoms with E-state index in [0.29, 0.717) is 0 Å². The molecule has 2 rings (SSSR count). The van der Waals surface area contributed by atoms with Crippen molar-refractivity contribution in [3.05, 3.63) is 24.0 Å². The van der Waals surface area contributed by atoms with Gasteiger partial charge >= 0.3 is 0 Å². The molecule has 20 heavy (non-hydrogen) atoms. The van der Waals surface area contributed by atoms with Crippen LogP contribution in [0.3, 0.4) is 0 Å². The van der Waals surface area contributed by atoms with Gasteiger partial charge in [0, 0.05) is 30.7 Å². The van der Waals surface area contributed by atoms with E-state index in [4.69, 9.17) is 10.5 Å². The molecular weight excluding hydrogens is 250 g/mol. The van der Waals surface area contributed by atoms with Crippen molar-refractivity contribution in [2.45, 2.75) is 57.6 Å². The Kier molecular flexibility index (Phi) is 5.38. The zero-order valence-corrected chi connectivity index (χ0v) is 12.7. The second-order valence-corrected chi connectivity index (χ2v) is 5.90. The molecule has 3 N–H and O–H groups in total. The van der Waals surface area contributed by atoms with Gasteiger partial charge in [-0.3, -0.25) is 4.98 Å². The van der Waals surface area contributed by atoms with Gasteiger partial charge in [-0.2, -0.15) is 0 Å². The summed E-state index contributed by atoms with van der Waals surface area (Å²) in [7, 11) is 0. The molecule has 0 spiro atoms. The van der Waals surface area contributed by atoms with Crippen molar-refractivity contribution in [1.29, 1.82) is 0 Å². The largest absolute Gasteiger partial charge is 0.398 e. The van der Waals surface area contributed by atoms with Crippen LogP contribution in [0.25, 0.3) is 0 Å². The highest BCUT2D eigenvalue weighted by Crippen LogP contribution is 2.30. The van der Waals surface area contributed by atoms with E-state index in [1.54, 1.807) is 6.20 Å². The first kappa shape index (κ1) is 15.3. The van der Waals surface area contributed by atoms with Gasteiger partial charge < -0.3 is 15.8 Å². The van der Waals surface area contributed by atoms with Gasteiger partial charge in [0.15, 0.2) is 0 Å². The highest BCUT2D eigenvalue weighted by Gasteiger charge is 2.36. The average molecular weight is 277 g/mol. The fourth-order valence-electron chi connectivity index (χ4n) is 2.88. The predicted molar refractivity (Wildman–Crippen MR) is 82.6 cm³/mol. The first-order valence-electron chi connectivity index (χ1n) is 7.71. The van der Waals surface area contributed by atoms with Gasteiger partial charge in [-0.05, 0) is 57.2 Å². The molecule has 4 heteroatoms. The predicted octanol–water partition coefficient (Wildman–Crippen LogP) is 2.53. The Morgan fingerprint density at radius 1 is 1.50 bits per heavy atom. The molecular formula is C16H27N3O. The van der Waals surface area contributed by atoms with Gasteiger partial charge in [-0.1, -0.05) is 6.92 Å². The standard InChI is InChI=1S/C16H27N3O/c1-3-8-19-15(16(2)7-4-5-10-20-16)11-13-12-18-9-6-14(13)17/h6,9,12,15,19H,3-5,7-8,10-11H2,1-2H3,(H2,17,18). The van der Waals surface area contributed by atoms with E-state index in [-0.39, 0.29) is 11.6 Å². The maximum absolute atomic E-state index is 6.11. The fourth-order valence-corrected chi connectivity index (χ4v) is 2.88. The van der Waals surface area contributed by atoms with Crippen LogP contribution >= 0.6 is 0 Å². The van der Waals surface area contributed by atoms with Crippen molar-refractivity contribution in [3.8, 4) is 0 Å². The number of hydrogen-bond acceptors (Lipinski definition) is 4. The molecule has 0 amide bonds. The lowest BCUT2D eigenvalue weighted by molar-refractivity contribution is -0.0883. The molecule has 112 valence electrons. The number of pyridine rings is 1. The summed E-state index contributed by atoms with van der Waals surface area (Å²) in [6, 6.07) is 2.16. The Morgan fingerprint density at radius 2 is 2.35 bits per heavy atom. The summed E-state index contributed by atoms with van der Waals surface area (Å²) >= 11 is 0. The molecule has 2 unspecified atom stereocenters. The number of nitrogens with zero attached hydrogens (tertiary/aromatic N) is 1. The minimum Gasteiger partial charge on any atom is -0.398 e. The Bertz CT molecular complexity index is 416. The van der Waals surface area contributed by atoms with Crippen LogP contribution < -0.4 is 11.1 Å². The molecule has 2 heterocycles. The number of anilines is 1. The monoisotopic (exact) mass is 277 g/mol. The molecule has 0 aromatic carbocycles. The van der Waals surface area contributed by atoms with Crippen LogP contribution in [0.4, 0.5) is 5.69 Å². The average Bonchev–Trinajstić information content (AvgIpc) is 2.46. The van der Waals surface area contributed by atoms with Gasteiger partial charge in [0.1, 0.15) is 0 Å². The summed E-state index contributed by atoms with van der Waals surface area (Å²) in [5, 5.41) is 3.65. The number of aromatic nitrogens is 1. The van der Waals surface area contributed by atoms with E-state index in [2.05, 4.69) is 24.1 Å². The molecule has 4 nitrogen and oxygen atoms in total. The third kappa shape index (κ3) is 3.70. The Balaban J connectivity index is 2.12. The van der Waals surface area contributed by atoms with E-state index in [9.17, 15) is 0 Å². The summed E-state index contributed by atoms with van der Waals surface area (Å²) in [6.07, 6.45) is 9.13. The summed E-state index contributed by atoms with van der Waals surface area (Å²) < 4.78 is 6.11. The number of nitrogen functional groups attached to an aromatic ring is 1. The molecule has 1 aromatic heterocycles. The third-order valence-corrected chi connectivity index (χ3v) is 4.24. The Hall–Kier alpha value is -1.13. The lowest BCUT2D eigenvalue weighted by atomic mass is 9.84. The highest BCUT2D eigenvalue weighted by atomic mass is 16.5. The normalized spacial score (nSPS) is 24.5. The molecule has 1 fully saturated rings. The second-order valence-electron chi connectivity index (χ2n) is 5.90. The maximum Gasteiger partial charge on any atom is 0.0810 e. The molecule has 1 aliphatic rings. The van der Waals surface area contributed by atoms with Crippen molar-refractivity contribution < 1.29 is 4.74 Å². The summed E-state index contributed by atoms with van der Waals surface area (Å²) in [6.45, 7) is 6.28. The lowest BCUT2D eigenvalue weighted by Crippen LogP contribution is -2.53. The molecule has 0 aliphatic carbocycles. The van der Waals surface area contributed by atoms with Crippen molar-refractivity contribution in [1.82, 2.24) is 10.3 Å². The Labute approximate surface area is 122 Å². The van der Waals surface area contributed by atoms with Crippen molar-refractivity contribution >= 4 is 5.69 Å². The maximum atomic E-state index is 6.11. The van der Waals surface area contributed by atoms with Gasteiger partial charge in [0.2, 0.25) is 0 Å². The molecule has 0 bridgehead atoms. The smallest absolute Gasteiger partial charge is 0.0810 e. The van der Waals surface area contributed by atoms with Crippen LogP contribution in [-0.4, -0.2) is 29.8 Å². The lowest BCUT2D eigenvalue weighted by Gasteiger charge is -2.41. The van der Waals surface area contributed by atoms with E-state index in [1.165, 1.54) is 12.8 Å². The van der Waals surface area contributed by atoms with E-state index in [1.807, 2.05) is 12.3 Å². The van der Waals surface area contributed by atoms with E-state index in [0.717, 1.165) is 43.7 Å². The summed E-state index contributed by atoms with van der Waals surface area (Å²) in [4.78, 5) is 4.20. The summed E-state index contributed by atoms with van der Waals surface area (Å²) in [5.74, 6) is 0. The number of rotatable bonds is 6. The fraction of sp³-hybridized carbons (Fsp3) is 0.688.